The average Bonchev–Trinajstić information content (AvgIpc) is 2.54. The van der Waals surface area contributed by atoms with Gasteiger partial charge in [0.1, 0.15) is 0 Å². The molecule has 0 aliphatic heterocycles. The largest absolute Gasteiger partial charge is 0.375 e. The summed E-state index contributed by atoms with van der Waals surface area (Å²) in [5.41, 5.74) is 6.84. The predicted octanol–water partition coefficient (Wildman–Crippen LogP) is 0.805. The quantitative estimate of drug-likeness (QED) is 0.705. The Labute approximate surface area is 87.7 Å². The van der Waals surface area contributed by atoms with Crippen molar-refractivity contribution in [1.29, 1.82) is 0 Å². The summed E-state index contributed by atoms with van der Waals surface area (Å²) in [5, 5.41) is 4.01. The first-order valence-corrected chi connectivity index (χ1v) is 5.52. The van der Waals surface area contributed by atoms with Gasteiger partial charge in [0, 0.05) is 10.9 Å². The number of nitrogen functional groups attached to an aromatic ring is 1. The highest BCUT2D eigenvalue weighted by Crippen LogP contribution is 2.27. The number of nitrogens with one attached hydrogen (secondary N) is 1. The van der Waals surface area contributed by atoms with E-state index in [1.807, 2.05) is 0 Å². The van der Waals surface area contributed by atoms with Gasteiger partial charge in [0.15, 0.2) is 5.13 Å². The molecule has 0 amide bonds. The Morgan fingerprint density at radius 3 is 3.36 bits per heavy atom. The van der Waals surface area contributed by atoms with Crippen molar-refractivity contribution in [2.45, 2.75) is 25.3 Å². The monoisotopic (exact) mass is 207 g/mol. The van der Waals surface area contributed by atoms with Gasteiger partial charge in [0.05, 0.1) is 12.2 Å². The fraction of sp³-hybridized carbons (Fsp3) is 0.500. The summed E-state index contributed by atoms with van der Waals surface area (Å²) >= 11 is 1.60. The Morgan fingerprint density at radius 2 is 2.57 bits per heavy atom. The number of nitrogens with zero attached hydrogens (tertiary/aromatic N) is 1. The molecule has 4 heteroatoms. The molecular weight excluding hydrogens is 194 g/mol. The van der Waals surface area contributed by atoms with Crippen molar-refractivity contribution in [3.63, 3.8) is 0 Å². The number of hydrogen-bond acceptors (Lipinski definition) is 4. The van der Waals surface area contributed by atoms with Crippen molar-refractivity contribution in [3.05, 3.63) is 10.6 Å². The fourth-order valence-electron chi connectivity index (χ4n) is 1.77. The van der Waals surface area contributed by atoms with Gasteiger partial charge in [-0.2, -0.15) is 0 Å². The van der Waals surface area contributed by atoms with Crippen LogP contribution < -0.4 is 11.1 Å². The maximum atomic E-state index is 5.66. The lowest BCUT2D eigenvalue weighted by Gasteiger charge is -2.21. The molecule has 1 unspecified atom stereocenters. The smallest absolute Gasteiger partial charge is 0.180 e. The van der Waals surface area contributed by atoms with Crippen molar-refractivity contribution >= 4 is 16.5 Å². The van der Waals surface area contributed by atoms with Crippen molar-refractivity contribution in [1.82, 2.24) is 10.3 Å². The van der Waals surface area contributed by atoms with Gasteiger partial charge in [-0.3, -0.25) is 0 Å². The van der Waals surface area contributed by atoms with E-state index in [2.05, 4.69) is 16.2 Å². The van der Waals surface area contributed by atoms with Crippen LogP contribution in [-0.2, 0) is 12.8 Å². The zero-order chi connectivity index (χ0) is 9.97. The number of terminal acetylenes is 1. The summed E-state index contributed by atoms with van der Waals surface area (Å²) in [6, 6.07) is 0.499. The number of aryl methyl sites for hydroxylation is 1. The lowest BCUT2D eigenvalue weighted by molar-refractivity contribution is 0.483. The van der Waals surface area contributed by atoms with Gasteiger partial charge in [-0.1, -0.05) is 5.92 Å². The van der Waals surface area contributed by atoms with Gasteiger partial charge in [-0.15, -0.1) is 17.8 Å². The molecule has 1 aliphatic rings. The van der Waals surface area contributed by atoms with E-state index >= 15 is 0 Å². The van der Waals surface area contributed by atoms with Crippen LogP contribution >= 0.6 is 11.3 Å². The second kappa shape index (κ2) is 3.99. The number of aromatic nitrogens is 1. The standard InChI is InChI=1S/C10H13N3S/c1-2-5-12-7-3-4-8-9(6-7)14-10(11)13-8/h1,7,12H,3-6H2,(H2,11,13). The summed E-state index contributed by atoms with van der Waals surface area (Å²) in [7, 11) is 0. The van der Waals surface area contributed by atoms with Crippen LogP contribution in [0.1, 0.15) is 17.0 Å². The highest BCUT2D eigenvalue weighted by atomic mass is 32.1. The first kappa shape index (κ1) is 9.50. The first-order chi connectivity index (χ1) is 6.79. The maximum Gasteiger partial charge on any atom is 0.180 e. The van der Waals surface area contributed by atoms with E-state index in [0.29, 0.717) is 17.7 Å². The van der Waals surface area contributed by atoms with Crippen LogP contribution in [0.25, 0.3) is 0 Å². The van der Waals surface area contributed by atoms with Crippen LogP contribution in [-0.4, -0.2) is 17.6 Å². The van der Waals surface area contributed by atoms with Gasteiger partial charge >= 0.3 is 0 Å². The summed E-state index contributed by atoms with van der Waals surface area (Å²) in [6.07, 6.45) is 8.35. The van der Waals surface area contributed by atoms with Crippen LogP contribution in [0.5, 0.6) is 0 Å². The molecule has 0 spiro atoms. The lowest BCUT2D eigenvalue weighted by Crippen LogP contribution is -2.34. The molecule has 14 heavy (non-hydrogen) atoms. The maximum absolute atomic E-state index is 5.66. The molecule has 3 nitrogen and oxygen atoms in total. The Morgan fingerprint density at radius 1 is 1.71 bits per heavy atom. The zero-order valence-corrected chi connectivity index (χ0v) is 8.73. The summed E-state index contributed by atoms with van der Waals surface area (Å²) < 4.78 is 0. The van der Waals surface area contributed by atoms with Crippen molar-refractivity contribution in [3.8, 4) is 12.3 Å². The van der Waals surface area contributed by atoms with Crippen molar-refractivity contribution in [2.24, 2.45) is 0 Å². The molecule has 3 N–H and O–H groups in total. The topological polar surface area (TPSA) is 50.9 Å². The molecule has 1 heterocycles. The highest BCUT2D eigenvalue weighted by molar-refractivity contribution is 7.15. The van der Waals surface area contributed by atoms with Gasteiger partial charge < -0.3 is 11.1 Å². The summed E-state index contributed by atoms with van der Waals surface area (Å²) in [6.45, 7) is 0.647. The summed E-state index contributed by atoms with van der Waals surface area (Å²) in [4.78, 5) is 5.62. The highest BCUT2D eigenvalue weighted by Gasteiger charge is 2.21. The molecule has 1 aliphatic carbocycles. The van der Waals surface area contributed by atoms with Gasteiger partial charge in [0.2, 0.25) is 0 Å². The molecule has 0 aromatic carbocycles. The Kier molecular flexibility index (Phi) is 2.71. The Balaban J connectivity index is 2.02. The molecule has 0 radical (unpaired) electrons. The van der Waals surface area contributed by atoms with Crippen molar-refractivity contribution < 1.29 is 0 Å². The molecule has 74 valence electrons. The third-order valence-electron chi connectivity index (χ3n) is 2.45. The molecule has 1 aromatic heterocycles. The number of fused-ring (bicyclic) bond motifs is 1. The van der Waals surface area contributed by atoms with Crippen LogP contribution in [0.4, 0.5) is 5.13 Å². The van der Waals surface area contributed by atoms with E-state index in [0.717, 1.165) is 19.3 Å². The second-order valence-electron chi connectivity index (χ2n) is 3.45. The molecule has 0 saturated heterocycles. The molecule has 1 aromatic rings. The molecule has 1 atom stereocenters. The first-order valence-electron chi connectivity index (χ1n) is 4.70. The van der Waals surface area contributed by atoms with E-state index in [-0.39, 0.29) is 0 Å². The van der Waals surface area contributed by atoms with Crippen molar-refractivity contribution in [2.75, 3.05) is 12.3 Å². The number of hydrogen-bond donors (Lipinski definition) is 2. The van der Waals surface area contributed by atoms with Crippen LogP contribution in [0.3, 0.4) is 0 Å². The van der Waals surface area contributed by atoms with Gasteiger partial charge in [-0.05, 0) is 19.3 Å². The molecule has 2 rings (SSSR count). The zero-order valence-electron chi connectivity index (χ0n) is 7.92. The molecule has 0 fully saturated rings. The number of nitrogens with two attached hydrogens (primary N) is 1. The van der Waals surface area contributed by atoms with Crippen LogP contribution in [0.2, 0.25) is 0 Å². The van der Waals surface area contributed by atoms with Gasteiger partial charge in [0.25, 0.3) is 0 Å². The number of thiazole rings is 1. The minimum atomic E-state index is 0.499. The van der Waals surface area contributed by atoms with Crippen LogP contribution in [0, 0.1) is 12.3 Å². The van der Waals surface area contributed by atoms with E-state index in [4.69, 9.17) is 12.2 Å². The molecule has 0 bridgehead atoms. The summed E-state index contributed by atoms with van der Waals surface area (Å²) in [5.74, 6) is 2.60. The number of rotatable bonds is 2. The third-order valence-corrected chi connectivity index (χ3v) is 3.40. The van der Waals surface area contributed by atoms with Gasteiger partial charge in [-0.25, -0.2) is 4.98 Å². The van der Waals surface area contributed by atoms with E-state index in [1.54, 1.807) is 11.3 Å². The molecule has 0 saturated carbocycles. The average molecular weight is 207 g/mol. The van der Waals surface area contributed by atoms with E-state index < -0.39 is 0 Å². The Hall–Kier alpha value is -1.05. The SMILES string of the molecule is C#CCNC1CCc2nc(N)sc2C1. The predicted molar refractivity (Wildman–Crippen MR) is 59.2 cm³/mol. The second-order valence-corrected chi connectivity index (χ2v) is 4.56. The number of anilines is 1. The molecular formula is C10H13N3S. The normalized spacial score (nSPS) is 20.1. The van der Waals surface area contributed by atoms with E-state index in [1.165, 1.54) is 10.6 Å². The van der Waals surface area contributed by atoms with E-state index in [9.17, 15) is 0 Å². The van der Waals surface area contributed by atoms with Crippen LogP contribution in [0.15, 0.2) is 0 Å². The fourth-order valence-corrected chi connectivity index (χ4v) is 2.73. The minimum absolute atomic E-state index is 0.499. The third kappa shape index (κ3) is 1.89. The minimum Gasteiger partial charge on any atom is -0.375 e. The lowest BCUT2D eigenvalue weighted by atomic mass is 9.98. The Bertz CT molecular complexity index is 364.